The van der Waals surface area contributed by atoms with Gasteiger partial charge in [-0.05, 0) is 64.1 Å². The molecule has 6 aromatic rings. The quantitative estimate of drug-likeness (QED) is 0.0305. The van der Waals surface area contributed by atoms with Gasteiger partial charge in [-0.25, -0.2) is 34.7 Å². The molecule has 4 aliphatic heterocycles. The second kappa shape index (κ2) is 28.3. The van der Waals surface area contributed by atoms with Crippen LogP contribution in [0.1, 0.15) is 41.5 Å². The normalized spacial score (nSPS) is 16.0. The van der Waals surface area contributed by atoms with Gasteiger partial charge in [0.25, 0.3) is 0 Å². The molecule has 6 heterocycles. The number of ether oxygens (including phenoxy) is 7. The van der Waals surface area contributed by atoms with Crippen molar-refractivity contribution < 1.29 is 46.2 Å². The molecule has 0 saturated heterocycles. The first-order valence-electron chi connectivity index (χ1n) is 29.2. The first-order chi connectivity index (χ1) is 40.9. The monoisotopic (exact) mass is 1200 g/mol. The molecule has 0 saturated carbocycles. The van der Waals surface area contributed by atoms with Crippen LogP contribution in [0.15, 0.2) is 127 Å². The molecule has 6 bridgehead atoms. The van der Waals surface area contributed by atoms with Crippen molar-refractivity contribution in [3.8, 4) is 0 Å². The van der Waals surface area contributed by atoms with Gasteiger partial charge in [-0.1, -0.05) is 97.1 Å². The van der Waals surface area contributed by atoms with E-state index in [0.29, 0.717) is 164 Å². The summed E-state index contributed by atoms with van der Waals surface area (Å²) in [7, 11) is -6.94. The number of methoxy groups -OCH3 is 2. The third-order valence-electron chi connectivity index (χ3n) is 14.9. The van der Waals surface area contributed by atoms with Crippen molar-refractivity contribution in [2.45, 2.75) is 57.5 Å². The van der Waals surface area contributed by atoms with Crippen LogP contribution in [0.25, 0.3) is 21.5 Å². The average Bonchev–Trinajstić information content (AvgIpc) is 1.54. The molecule has 4 aromatic carbocycles. The number of amidine groups is 4. The number of hydrogen-bond acceptors (Lipinski definition) is 18. The summed E-state index contributed by atoms with van der Waals surface area (Å²) in [4.78, 5) is 48.7. The van der Waals surface area contributed by atoms with E-state index in [1.807, 2.05) is 72.8 Å². The summed E-state index contributed by atoms with van der Waals surface area (Å²) in [6.07, 6.45) is 1.52. The minimum atomic E-state index is -4.43. The molecule has 2 aromatic heterocycles. The second-order valence-corrected chi connectivity index (χ2v) is 33.7. The number of fused-ring (bicyclic) bond motifs is 14. The van der Waals surface area contributed by atoms with E-state index in [0.717, 1.165) is 56.3 Å². The molecule has 84 heavy (non-hydrogen) atoms. The number of alkyl carbamates (subject to hydrolysis) is 1. The van der Waals surface area contributed by atoms with E-state index >= 15 is 0 Å². The van der Waals surface area contributed by atoms with Crippen molar-refractivity contribution in [3.05, 3.63) is 130 Å². The maximum atomic E-state index is 13.4. The highest BCUT2D eigenvalue weighted by molar-refractivity contribution is 6.88. The van der Waals surface area contributed by atoms with Crippen LogP contribution in [0.5, 0.6) is 0 Å². The van der Waals surface area contributed by atoms with E-state index in [1.54, 1.807) is 14.2 Å². The fourth-order valence-electron chi connectivity index (χ4n) is 10.8. The summed E-state index contributed by atoms with van der Waals surface area (Å²) >= 11 is 0. The van der Waals surface area contributed by atoms with Crippen molar-refractivity contribution in [1.29, 1.82) is 0 Å². The number of nitrogens with one attached hydrogen (secondary N) is 1. The molecule has 21 nitrogen and oxygen atoms in total. The van der Waals surface area contributed by atoms with Crippen LogP contribution in [0.2, 0.25) is 38.3 Å². The third kappa shape index (κ3) is 14.0. The lowest BCUT2D eigenvalue weighted by Crippen LogP contribution is -2.70. The molecule has 1 unspecified atom stereocenters. The predicted molar refractivity (Wildman–Crippen MR) is 334 cm³/mol. The van der Waals surface area contributed by atoms with Gasteiger partial charge in [0.1, 0.15) is 22.6 Å². The van der Waals surface area contributed by atoms with Crippen LogP contribution >= 0.6 is 0 Å². The topological polar surface area (TPSA) is 225 Å². The number of aromatic nitrogens is 2. The largest absolute Gasteiger partial charge is 0.582 e. The van der Waals surface area contributed by atoms with Crippen molar-refractivity contribution >= 4 is 88.1 Å². The van der Waals surface area contributed by atoms with Crippen LogP contribution in [-0.2, 0) is 41.4 Å². The van der Waals surface area contributed by atoms with Crippen LogP contribution in [0.3, 0.4) is 0 Å². The zero-order valence-corrected chi connectivity index (χ0v) is 52.3. The smallest absolute Gasteiger partial charge is 0.450 e. The number of aliphatic imine (C=N–C) groups is 4. The number of rotatable bonds is 33. The Morgan fingerprint density at radius 3 is 1.38 bits per heavy atom. The first kappa shape index (κ1) is 60.9. The summed E-state index contributed by atoms with van der Waals surface area (Å²) in [5.74, 6) is 3.30. The molecule has 0 radical (unpaired) electrons. The Balaban J connectivity index is 0.956. The van der Waals surface area contributed by atoms with Gasteiger partial charge in [-0.15, -0.1) is 0 Å². The number of benzene rings is 4. The number of nitrogens with zero attached hydrogens (tertiary/aromatic N) is 9. The fourth-order valence-corrected chi connectivity index (χ4v) is 23.5. The van der Waals surface area contributed by atoms with E-state index in [2.05, 4.69) is 69.1 Å². The van der Waals surface area contributed by atoms with Gasteiger partial charge in [-0.3, -0.25) is 13.4 Å². The minimum absolute atomic E-state index is 0.245. The molecule has 24 heteroatoms. The standard InChI is InChI=1S/C60H79N11O10Si3/c1-73-34-36-77-40-38-75-32-29-69(30-33-76-39-41-78-37-35-74-2)28-17-31-79-60(72)62-27-16-43-83(5,6)81-84(80-82(3,4)42-15-26-61)70-56-48-22-11-12-23-49(48)58(70)67-54-46-20-9-10-21-47(46)55(64-54)68-59-51-25-14-13-24-50(51)57(71(59)84)66-53-45-19-8-7-18-44(45)52(63-53)65-56/h7-14,18-25H,15-17,26-43,61H2,1-6H3,(H,62,72). The Labute approximate surface area is 493 Å². The molecule has 0 fully saturated rings. The molecule has 10 rings (SSSR count). The van der Waals surface area contributed by atoms with Crippen LogP contribution in [0, 0.1) is 0 Å². The van der Waals surface area contributed by atoms with Crippen molar-refractivity contribution in [1.82, 2.24) is 18.7 Å². The molecule has 1 amide bonds. The summed E-state index contributed by atoms with van der Waals surface area (Å²) in [5, 5.41) is 6.44. The van der Waals surface area contributed by atoms with Gasteiger partial charge < -0.3 is 52.4 Å². The molecule has 0 spiro atoms. The lowest BCUT2D eigenvalue weighted by molar-refractivity contribution is 0.00873. The first-order valence-corrected chi connectivity index (χ1v) is 37.2. The summed E-state index contributed by atoms with van der Waals surface area (Å²) in [6.45, 7) is 17.3. The molecule has 0 aliphatic carbocycles. The predicted octanol–water partition coefficient (Wildman–Crippen LogP) is 7.33. The molecule has 1 atom stereocenters. The van der Waals surface area contributed by atoms with Gasteiger partial charge in [0.15, 0.2) is 40.0 Å². The number of carbonyl (C=O) groups excluding carboxylic acids is 1. The van der Waals surface area contributed by atoms with E-state index < -0.39 is 31.6 Å². The van der Waals surface area contributed by atoms with Crippen LogP contribution < -0.4 is 22.0 Å². The van der Waals surface area contributed by atoms with Gasteiger partial charge in [0.2, 0.25) is 0 Å². The summed E-state index contributed by atoms with van der Waals surface area (Å²) < 4.78 is 59.6. The second-order valence-electron chi connectivity index (χ2n) is 22.1. The number of hydrogen-bond donors (Lipinski definition) is 2. The zero-order chi connectivity index (χ0) is 58.5. The SMILES string of the molecule is COCCOCCOCCN(CCCOC(=O)NCCC[Si](C)(C)O[Si]1(O[Si](C)(C)CCCN)n2c3c4ccccc4c2N=C2N=C(N=c4c5ccccc5c(n41)=NC1=NC(=N3)c3ccccc31)c1ccccc12)CCOCCOCCOC. The van der Waals surface area contributed by atoms with Gasteiger partial charge >= 0.3 is 15.0 Å². The maximum absolute atomic E-state index is 13.4. The van der Waals surface area contributed by atoms with Crippen LogP contribution in [0.4, 0.5) is 16.4 Å². The van der Waals surface area contributed by atoms with E-state index in [4.69, 9.17) is 77.1 Å². The Hall–Kier alpha value is -6.24. The van der Waals surface area contributed by atoms with Gasteiger partial charge in [0.05, 0.1) is 72.7 Å². The van der Waals surface area contributed by atoms with Gasteiger partial charge in [-0.2, -0.15) is 0 Å². The molecule has 4 aliphatic rings. The number of carbonyl (C=O) groups is 1. The van der Waals surface area contributed by atoms with Crippen molar-refractivity contribution in [2.75, 3.05) is 120 Å². The highest BCUT2D eigenvalue weighted by Crippen LogP contribution is 2.45. The fraction of sp³-hybridized carbons (Fsp3) is 0.450. The van der Waals surface area contributed by atoms with E-state index in [9.17, 15) is 4.79 Å². The van der Waals surface area contributed by atoms with Crippen molar-refractivity contribution in [2.24, 2.45) is 35.7 Å². The van der Waals surface area contributed by atoms with Crippen molar-refractivity contribution in [3.63, 3.8) is 0 Å². The Morgan fingerprint density at radius 1 is 0.500 bits per heavy atom. The molecular weight excluding hydrogens is 1120 g/mol. The molecule has 3 N–H and O–H groups in total. The summed E-state index contributed by atoms with van der Waals surface area (Å²) in [5.41, 5.74) is 11.0. The Bertz CT molecular complexity index is 3360. The lowest BCUT2D eigenvalue weighted by atomic mass is 10.1. The minimum Gasteiger partial charge on any atom is -0.450 e. The highest BCUT2D eigenvalue weighted by atomic mass is 28.5. The number of nitrogens with two attached hydrogens (primary N) is 1. The highest BCUT2D eigenvalue weighted by Gasteiger charge is 2.58. The average molecular weight is 1200 g/mol. The Kier molecular flexibility index (Phi) is 20.5. The maximum Gasteiger partial charge on any atom is 0.582 e. The van der Waals surface area contributed by atoms with E-state index in [1.165, 1.54) is 0 Å². The summed E-state index contributed by atoms with van der Waals surface area (Å²) in [6, 6.07) is 34.1. The Morgan fingerprint density at radius 2 is 0.917 bits per heavy atom. The molecule has 446 valence electrons. The zero-order valence-electron chi connectivity index (χ0n) is 49.3. The lowest BCUT2D eigenvalue weighted by Gasteiger charge is -2.43. The molecular formula is C60H79N11O10Si3. The third-order valence-corrected chi connectivity index (χ3v) is 26.5. The van der Waals surface area contributed by atoms with E-state index in [-0.39, 0.29) is 6.61 Å². The number of amides is 1. The van der Waals surface area contributed by atoms with Gasteiger partial charge in [0, 0.05) is 84.2 Å². The van der Waals surface area contributed by atoms with Crippen LogP contribution in [-0.4, -0.2) is 188 Å².